The minimum atomic E-state index is -4.14. The monoisotopic (exact) mass is 539 g/mol. The lowest BCUT2D eigenvalue weighted by atomic mass is 10.2. The summed E-state index contributed by atoms with van der Waals surface area (Å²) >= 11 is 0. The minimum absolute atomic E-state index is 0.0479. The maximum absolute atomic E-state index is 13.6. The highest BCUT2D eigenvalue weighted by atomic mass is 32.2. The summed E-state index contributed by atoms with van der Waals surface area (Å²) in [6, 6.07) is 18.4. The summed E-state index contributed by atoms with van der Waals surface area (Å²) in [5.41, 5.74) is 4.45. The fourth-order valence-electron chi connectivity index (χ4n) is 3.46. The summed E-state index contributed by atoms with van der Waals surface area (Å²) in [6.45, 7) is 4.16. The van der Waals surface area contributed by atoms with E-state index >= 15 is 0 Å². The van der Waals surface area contributed by atoms with Crippen LogP contribution in [-0.2, 0) is 14.8 Å². The number of unbranched alkanes of at least 4 members (excludes halogenated alkanes) is 1. The second-order valence-electron chi connectivity index (χ2n) is 8.43. The van der Waals surface area contributed by atoms with Crippen LogP contribution < -0.4 is 23.9 Å². The van der Waals surface area contributed by atoms with E-state index in [1.54, 1.807) is 24.3 Å². The van der Waals surface area contributed by atoms with Gasteiger partial charge in [0, 0.05) is 6.07 Å². The molecule has 0 bridgehead atoms. The van der Waals surface area contributed by atoms with E-state index < -0.39 is 22.5 Å². The zero-order valence-corrected chi connectivity index (χ0v) is 22.8. The molecule has 0 saturated heterocycles. The largest absolute Gasteiger partial charge is 0.494 e. The van der Waals surface area contributed by atoms with Gasteiger partial charge in [-0.2, -0.15) is 5.10 Å². The molecule has 0 fully saturated rings. The van der Waals surface area contributed by atoms with Crippen molar-refractivity contribution in [3.63, 3.8) is 0 Å². The Labute approximate surface area is 224 Å². The van der Waals surface area contributed by atoms with Crippen LogP contribution in [0.1, 0.15) is 30.9 Å². The molecule has 0 unspecified atom stereocenters. The van der Waals surface area contributed by atoms with Crippen LogP contribution in [0.25, 0.3) is 0 Å². The van der Waals surface area contributed by atoms with E-state index in [1.165, 1.54) is 38.6 Å². The Morgan fingerprint density at radius 2 is 1.66 bits per heavy atom. The summed E-state index contributed by atoms with van der Waals surface area (Å²) < 4.78 is 44.4. The number of nitrogens with zero attached hydrogens (tertiary/aromatic N) is 2. The van der Waals surface area contributed by atoms with Gasteiger partial charge in [-0.1, -0.05) is 31.0 Å². The lowest BCUT2D eigenvalue weighted by Gasteiger charge is -2.24. The maximum Gasteiger partial charge on any atom is 0.264 e. The van der Waals surface area contributed by atoms with Crippen molar-refractivity contribution in [2.75, 3.05) is 31.7 Å². The van der Waals surface area contributed by atoms with Crippen molar-refractivity contribution in [1.29, 1.82) is 0 Å². The summed E-state index contributed by atoms with van der Waals surface area (Å²) in [4.78, 5) is 12.7. The molecule has 0 atom stereocenters. The Morgan fingerprint density at radius 3 is 2.29 bits per heavy atom. The number of carbonyl (C=O) groups is 1. The van der Waals surface area contributed by atoms with Crippen molar-refractivity contribution < 1.29 is 27.4 Å². The second-order valence-corrected chi connectivity index (χ2v) is 10.3. The smallest absolute Gasteiger partial charge is 0.264 e. The Hall–Kier alpha value is -4.05. The molecule has 202 valence electrons. The number of methoxy groups -OCH3 is 2. The number of anilines is 1. The third-order valence-electron chi connectivity index (χ3n) is 5.60. The van der Waals surface area contributed by atoms with Crippen molar-refractivity contribution in [3.8, 4) is 17.2 Å². The van der Waals surface area contributed by atoms with Gasteiger partial charge in [0.1, 0.15) is 12.3 Å². The van der Waals surface area contributed by atoms with Crippen LogP contribution in [0.3, 0.4) is 0 Å². The Kier molecular flexibility index (Phi) is 10.1. The van der Waals surface area contributed by atoms with Crippen LogP contribution in [0.5, 0.6) is 17.2 Å². The fourth-order valence-corrected chi connectivity index (χ4v) is 4.90. The molecule has 3 aromatic rings. The van der Waals surface area contributed by atoms with E-state index in [-0.39, 0.29) is 10.6 Å². The molecule has 0 aliphatic heterocycles. The minimum Gasteiger partial charge on any atom is -0.494 e. The van der Waals surface area contributed by atoms with Gasteiger partial charge in [-0.15, -0.1) is 0 Å². The number of amides is 1. The van der Waals surface area contributed by atoms with Gasteiger partial charge in [-0.05, 0) is 67.4 Å². The van der Waals surface area contributed by atoms with Crippen molar-refractivity contribution >= 4 is 27.8 Å². The molecule has 38 heavy (non-hydrogen) atoms. The lowest BCUT2D eigenvalue weighted by molar-refractivity contribution is -0.119. The number of hydrazone groups is 1. The molecule has 1 amide bonds. The van der Waals surface area contributed by atoms with Crippen LogP contribution in [0, 0.1) is 6.92 Å². The van der Waals surface area contributed by atoms with Gasteiger partial charge >= 0.3 is 0 Å². The number of sulfonamides is 1. The van der Waals surface area contributed by atoms with Crippen molar-refractivity contribution in [2.45, 2.75) is 31.6 Å². The van der Waals surface area contributed by atoms with E-state index in [9.17, 15) is 13.2 Å². The van der Waals surface area contributed by atoms with Crippen molar-refractivity contribution in [1.82, 2.24) is 5.43 Å². The van der Waals surface area contributed by atoms with Crippen molar-refractivity contribution in [2.24, 2.45) is 5.10 Å². The molecule has 0 radical (unpaired) electrons. The Balaban J connectivity index is 1.77. The zero-order valence-electron chi connectivity index (χ0n) is 22.0. The molecular weight excluding hydrogens is 506 g/mol. The van der Waals surface area contributed by atoms with Gasteiger partial charge < -0.3 is 14.2 Å². The molecule has 0 aliphatic carbocycles. The number of ether oxygens (including phenoxy) is 3. The van der Waals surface area contributed by atoms with Gasteiger partial charge in [0.15, 0.2) is 11.5 Å². The lowest BCUT2D eigenvalue weighted by Crippen LogP contribution is -2.39. The number of hydrogen-bond acceptors (Lipinski definition) is 7. The third kappa shape index (κ3) is 7.48. The van der Waals surface area contributed by atoms with Gasteiger partial charge in [0.2, 0.25) is 0 Å². The fraction of sp³-hybridized carbons (Fsp3) is 0.286. The molecule has 0 aromatic heterocycles. The number of hydrogen-bond donors (Lipinski definition) is 1. The number of nitrogens with one attached hydrogen (secondary N) is 1. The number of carbonyl (C=O) groups excluding carboxylic acids is 1. The third-order valence-corrected chi connectivity index (χ3v) is 7.37. The second kappa shape index (κ2) is 13.5. The number of rotatable bonds is 13. The van der Waals surface area contributed by atoms with E-state index in [1.807, 2.05) is 31.2 Å². The highest BCUT2D eigenvalue weighted by molar-refractivity contribution is 7.92. The molecule has 1 N–H and O–H groups in total. The zero-order chi connectivity index (χ0) is 27.5. The quantitative estimate of drug-likeness (QED) is 0.194. The highest BCUT2D eigenvalue weighted by Gasteiger charge is 2.28. The van der Waals surface area contributed by atoms with Crippen LogP contribution in [0.2, 0.25) is 0 Å². The summed E-state index contributed by atoms with van der Waals surface area (Å²) in [7, 11) is -1.26. The van der Waals surface area contributed by atoms with E-state index in [0.717, 1.165) is 34.0 Å². The molecular formula is C28H33N3O6S. The molecule has 3 aromatic carbocycles. The molecule has 9 nitrogen and oxygen atoms in total. The van der Waals surface area contributed by atoms with Crippen LogP contribution in [0.15, 0.2) is 76.7 Å². The van der Waals surface area contributed by atoms with Crippen molar-refractivity contribution in [3.05, 3.63) is 77.9 Å². The predicted octanol–water partition coefficient (Wildman–Crippen LogP) is 4.54. The molecule has 3 rings (SSSR count). The van der Waals surface area contributed by atoms with Crippen LogP contribution >= 0.6 is 0 Å². The maximum atomic E-state index is 13.6. The van der Waals surface area contributed by atoms with Gasteiger partial charge in [-0.25, -0.2) is 13.8 Å². The normalized spacial score (nSPS) is 11.3. The molecule has 10 heteroatoms. The summed E-state index contributed by atoms with van der Waals surface area (Å²) in [5, 5.41) is 3.99. The molecule has 0 heterocycles. The number of aryl methyl sites for hydroxylation is 1. The number of benzene rings is 3. The SMILES string of the molecule is CCCCOc1ccc(/C=N\NC(=O)CN(c2ccc(C)cc2)S(=O)(=O)c2ccc(OC)c(OC)c2)cc1. The summed E-state index contributed by atoms with van der Waals surface area (Å²) in [5.74, 6) is 0.799. The topological polar surface area (TPSA) is 107 Å². The van der Waals surface area contributed by atoms with Gasteiger partial charge in [0.05, 0.1) is 37.6 Å². The van der Waals surface area contributed by atoms with E-state index in [0.29, 0.717) is 18.0 Å². The molecule has 0 saturated carbocycles. The molecule has 0 aliphatic rings. The summed E-state index contributed by atoms with van der Waals surface area (Å²) in [6.07, 6.45) is 3.52. The van der Waals surface area contributed by atoms with Gasteiger partial charge in [0.25, 0.3) is 15.9 Å². The first kappa shape index (κ1) is 28.5. The highest BCUT2D eigenvalue weighted by Crippen LogP contribution is 2.32. The first-order valence-electron chi connectivity index (χ1n) is 12.1. The average molecular weight is 540 g/mol. The Bertz CT molecular complexity index is 1340. The molecule has 0 spiro atoms. The average Bonchev–Trinajstić information content (AvgIpc) is 2.92. The van der Waals surface area contributed by atoms with Crippen LogP contribution in [-0.4, -0.2) is 47.9 Å². The first-order valence-corrected chi connectivity index (χ1v) is 13.6. The first-order chi connectivity index (χ1) is 18.3. The van der Waals surface area contributed by atoms with Crippen LogP contribution in [0.4, 0.5) is 5.69 Å². The van der Waals surface area contributed by atoms with Gasteiger partial charge in [-0.3, -0.25) is 9.10 Å². The van der Waals surface area contributed by atoms with E-state index in [2.05, 4.69) is 17.5 Å². The Morgan fingerprint density at radius 1 is 0.974 bits per heavy atom. The predicted molar refractivity (Wildman–Crippen MR) is 148 cm³/mol. The standard InChI is InChI=1S/C28H33N3O6S/c1-5-6-17-37-24-13-9-22(10-14-24)19-29-30-28(32)20-31(23-11-7-21(2)8-12-23)38(33,34)25-15-16-26(35-3)27(18-25)36-4/h7-16,18-19H,5-6,17,20H2,1-4H3,(H,30,32)/b29-19-. The van der Waals surface area contributed by atoms with E-state index in [4.69, 9.17) is 14.2 Å².